The van der Waals surface area contributed by atoms with Crippen molar-refractivity contribution in [2.45, 2.75) is 103 Å². The minimum atomic E-state index is -1.99. The number of nitrogens with zero attached hydrogens (tertiary/aromatic N) is 1. The van der Waals surface area contributed by atoms with E-state index in [1.165, 1.54) is 10.9 Å². The largest absolute Gasteiger partial charge is 0.454 e. The number of hydrogen-bond acceptors (Lipinski definition) is 5. The van der Waals surface area contributed by atoms with Gasteiger partial charge in [-0.3, -0.25) is 4.98 Å². The van der Waals surface area contributed by atoms with Gasteiger partial charge < -0.3 is 18.3 Å². The zero-order valence-corrected chi connectivity index (χ0v) is 24.1. The molecule has 0 bridgehead atoms. The number of fused-ring (bicyclic) bond motifs is 4. The van der Waals surface area contributed by atoms with Crippen LogP contribution in [0.15, 0.2) is 18.3 Å². The molecule has 0 amide bonds. The predicted molar refractivity (Wildman–Crippen MR) is 139 cm³/mol. The average Bonchev–Trinajstić information content (AvgIpc) is 3.12. The minimum absolute atomic E-state index is 0.0188. The van der Waals surface area contributed by atoms with Crippen LogP contribution in [0.5, 0.6) is 11.5 Å². The van der Waals surface area contributed by atoms with Gasteiger partial charge in [-0.25, -0.2) is 0 Å². The molecule has 1 aromatic heterocycles. The van der Waals surface area contributed by atoms with Crippen molar-refractivity contribution in [3.8, 4) is 11.5 Å². The highest BCUT2D eigenvalue weighted by Gasteiger charge is 2.46. The van der Waals surface area contributed by atoms with E-state index in [1.807, 2.05) is 12.3 Å². The number of rotatable bonds is 4. The Morgan fingerprint density at radius 1 is 0.818 bits per heavy atom. The molecule has 7 heteroatoms. The number of benzene rings is 1. The molecule has 0 fully saturated rings. The van der Waals surface area contributed by atoms with Crippen molar-refractivity contribution < 1.29 is 18.3 Å². The lowest BCUT2D eigenvalue weighted by Crippen LogP contribution is -2.54. The van der Waals surface area contributed by atoms with Crippen LogP contribution in [-0.4, -0.2) is 40.6 Å². The SMILES string of the molecule is CC(C)(C)[Si](C)(C)O[C@H]1Cc2ncc3cc4c(cc3c2C[C@H]1O[Si](C)(C)C(C)(C)C)OCO4. The third-order valence-corrected chi connectivity index (χ3v) is 17.3. The van der Waals surface area contributed by atoms with E-state index in [-0.39, 0.29) is 29.1 Å². The van der Waals surface area contributed by atoms with Crippen LogP contribution in [0.25, 0.3) is 10.8 Å². The van der Waals surface area contributed by atoms with Crippen molar-refractivity contribution in [2.24, 2.45) is 0 Å². The van der Waals surface area contributed by atoms with E-state index in [2.05, 4.69) is 73.8 Å². The molecule has 0 saturated carbocycles. The van der Waals surface area contributed by atoms with E-state index in [0.29, 0.717) is 0 Å². The van der Waals surface area contributed by atoms with Crippen LogP contribution in [0.4, 0.5) is 0 Å². The first kappa shape index (κ1) is 24.7. The first-order valence-electron chi connectivity index (χ1n) is 12.1. The third kappa shape index (κ3) is 4.61. The van der Waals surface area contributed by atoms with Gasteiger partial charge in [0.1, 0.15) is 0 Å². The second-order valence-corrected chi connectivity index (χ2v) is 22.2. The Bertz CT molecular complexity index is 1050. The second kappa shape index (κ2) is 8.07. The molecule has 182 valence electrons. The fourth-order valence-electron chi connectivity index (χ4n) is 4.11. The second-order valence-electron chi connectivity index (χ2n) is 12.7. The summed E-state index contributed by atoms with van der Waals surface area (Å²) in [4.78, 5) is 4.89. The lowest BCUT2D eigenvalue weighted by atomic mass is 9.88. The molecule has 5 nitrogen and oxygen atoms in total. The third-order valence-electron chi connectivity index (χ3n) is 8.30. The number of hydrogen-bond donors (Lipinski definition) is 0. The standard InChI is InChI=1S/C26H41NO4Si2/c1-25(2,3)32(7,8)30-23-13-19-18-12-22-21(28-16-29-22)11-17(18)15-27-20(19)14-24(23)31-33(9,10)26(4,5)6/h11-12,15,23-24H,13-14,16H2,1-10H3/t23-,24+/m1/s1. The summed E-state index contributed by atoms with van der Waals surface area (Å²) in [6.07, 6.45) is 3.60. The summed E-state index contributed by atoms with van der Waals surface area (Å²) in [5.74, 6) is 1.62. The molecule has 1 aliphatic carbocycles. The summed E-state index contributed by atoms with van der Waals surface area (Å²) in [5, 5.41) is 2.56. The average molecular weight is 488 g/mol. The Hall–Kier alpha value is -1.42. The van der Waals surface area contributed by atoms with Gasteiger partial charge in [0.2, 0.25) is 6.79 Å². The first-order valence-corrected chi connectivity index (χ1v) is 18.0. The smallest absolute Gasteiger partial charge is 0.231 e. The van der Waals surface area contributed by atoms with Gasteiger partial charge in [-0.1, -0.05) is 41.5 Å². The van der Waals surface area contributed by atoms with Crippen LogP contribution in [0.1, 0.15) is 52.8 Å². The summed E-state index contributed by atoms with van der Waals surface area (Å²) in [6.45, 7) is 23.4. The van der Waals surface area contributed by atoms with E-state index >= 15 is 0 Å². The quantitative estimate of drug-likeness (QED) is 0.442. The maximum atomic E-state index is 7.07. The molecule has 0 unspecified atom stereocenters. The van der Waals surface area contributed by atoms with Crippen LogP contribution < -0.4 is 9.47 Å². The molecule has 4 rings (SSSR count). The number of pyridine rings is 1. The van der Waals surface area contributed by atoms with E-state index in [1.54, 1.807) is 0 Å². The monoisotopic (exact) mass is 487 g/mol. The number of aromatic nitrogens is 1. The molecule has 33 heavy (non-hydrogen) atoms. The van der Waals surface area contributed by atoms with Crippen molar-refractivity contribution in [1.29, 1.82) is 0 Å². The van der Waals surface area contributed by atoms with Crippen molar-refractivity contribution in [2.75, 3.05) is 6.79 Å². The summed E-state index contributed by atoms with van der Waals surface area (Å²) >= 11 is 0. The lowest BCUT2D eigenvalue weighted by molar-refractivity contribution is 0.0289. The summed E-state index contributed by atoms with van der Waals surface area (Å²) in [7, 11) is -3.96. The highest BCUT2D eigenvalue weighted by Crippen LogP contribution is 2.44. The summed E-state index contributed by atoms with van der Waals surface area (Å²) < 4.78 is 25.4. The maximum Gasteiger partial charge on any atom is 0.231 e. The Morgan fingerprint density at radius 2 is 1.33 bits per heavy atom. The first-order chi connectivity index (χ1) is 15.1. The van der Waals surface area contributed by atoms with Gasteiger partial charge in [0.05, 0.1) is 12.2 Å². The van der Waals surface area contributed by atoms with Crippen LogP contribution in [0.2, 0.25) is 36.3 Å². The van der Waals surface area contributed by atoms with Crippen LogP contribution in [0.3, 0.4) is 0 Å². The number of ether oxygens (including phenoxy) is 2. The van der Waals surface area contributed by atoms with Crippen molar-refractivity contribution >= 4 is 27.4 Å². The predicted octanol–water partition coefficient (Wildman–Crippen LogP) is 6.84. The molecule has 0 spiro atoms. The molecule has 0 N–H and O–H groups in total. The molecule has 1 aliphatic heterocycles. The lowest BCUT2D eigenvalue weighted by Gasteiger charge is -2.46. The summed E-state index contributed by atoms with van der Waals surface area (Å²) in [5.41, 5.74) is 2.39. The van der Waals surface area contributed by atoms with Gasteiger partial charge in [0.25, 0.3) is 0 Å². The topological polar surface area (TPSA) is 49.8 Å². The molecular formula is C26H41NO4Si2. The van der Waals surface area contributed by atoms with Crippen LogP contribution in [-0.2, 0) is 21.7 Å². The maximum absolute atomic E-state index is 7.07. The van der Waals surface area contributed by atoms with Gasteiger partial charge in [-0.05, 0) is 59.3 Å². The van der Waals surface area contributed by atoms with Crippen LogP contribution >= 0.6 is 0 Å². The fraction of sp³-hybridized carbons (Fsp3) is 0.654. The fourth-order valence-corrected chi connectivity index (χ4v) is 6.80. The van der Waals surface area contributed by atoms with Crippen molar-refractivity contribution in [3.05, 3.63) is 29.6 Å². The highest BCUT2D eigenvalue weighted by atomic mass is 28.4. The Morgan fingerprint density at radius 3 is 1.88 bits per heavy atom. The van der Waals surface area contributed by atoms with Crippen LogP contribution in [0, 0.1) is 0 Å². The molecule has 2 aliphatic rings. The van der Waals surface area contributed by atoms with Crippen molar-refractivity contribution in [3.63, 3.8) is 0 Å². The minimum Gasteiger partial charge on any atom is -0.454 e. The Kier molecular flexibility index (Phi) is 6.04. The van der Waals surface area contributed by atoms with Gasteiger partial charge in [-0.2, -0.15) is 0 Å². The molecule has 2 atom stereocenters. The van der Waals surface area contributed by atoms with E-state index < -0.39 is 16.6 Å². The van der Waals surface area contributed by atoms with E-state index in [0.717, 1.165) is 35.4 Å². The Labute approximate surface area is 201 Å². The highest BCUT2D eigenvalue weighted by molar-refractivity contribution is 6.74. The van der Waals surface area contributed by atoms with E-state index in [9.17, 15) is 0 Å². The van der Waals surface area contributed by atoms with Crippen molar-refractivity contribution in [1.82, 2.24) is 4.98 Å². The molecular weight excluding hydrogens is 446 g/mol. The zero-order valence-electron chi connectivity index (χ0n) is 22.1. The summed E-state index contributed by atoms with van der Waals surface area (Å²) in [6, 6.07) is 4.17. The molecule has 0 saturated heterocycles. The van der Waals surface area contributed by atoms with E-state index in [4.69, 9.17) is 23.3 Å². The van der Waals surface area contributed by atoms with Gasteiger partial charge >= 0.3 is 0 Å². The molecule has 0 radical (unpaired) electrons. The van der Waals surface area contributed by atoms with Gasteiger partial charge in [0, 0.05) is 30.1 Å². The molecule has 2 heterocycles. The Balaban J connectivity index is 1.76. The van der Waals surface area contributed by atoms with Gasteiger partial charge in [0.15, 0.2) is 28.1 Å². The normalized spacial score (nSPS) is 21.4. The van der Waals surface area contributed by atoms with Gasteiger partial charge in [-0.15, -0.1) is 0 Å². The molecule has 1 aromatic carbocycles. The zero-order chi connectivity index (χ0) is 24.4. The molecule has 2 aromatic rings.